The highest BCUT2D eigenvalue weighted by atomic mass is 79.9. The average molecular weight is 363 g/mol. The molecule has 2 aromatic rings. The Morgan fingerprint density at radius 1 is 1.47 bits per heavy atom. The van der Waals surface area contributed by atoms with E-state index in [-0.39, 0.29) is 16.9 Å². The monoisotopic (exact) mass is 361 g/mol. The minimum absolute atomic E-state index is 0.134. The van der Waals surface area contributed by atoms with Crippen LogP contribution in [-0.2, 0) is 6.42 Å². The van der Waals surface area contributed by atoms with Crippen molar-refractivity contribution in [3.8, 4) is 0 Å². The van der Waals surface area contributed by atoms with Gasteiger partial charge in [0.1, 0.15) is 5.82 Å². The van der Waals surface area contributed by atoms with Gasteiger partial charge < -0.3 is 5.32 Å². The topological polar surface area (TPSA) is 12.0 Å². The Kier molecular flexibility index (Phi) is 5.01. The van der Waals surface area contributed by atoms with Crippen molar-refractivity contribution in [2.45, 2.75) is 19.4 Å². The highest BCUT2D eigenvalue weighted by Crippen LogP contribution is 2.33. The van der Waals surface area contributed by atoms with Gasteiger partial charge in [-0.2, -0.15) is 0 Å². The largest absolute Gasteiger partial charge is 0.312 e. The third kappa shape index (κ3) is 3.37. The highest BCUT2D eigenvalue weighted by Gasteiger charge is 2.16. The van der Waals surface area contributed by atoms with Crippen LogP contribution in [0.15, 0.2) is 28.1 Å². The number of rotatable bonds is 4. The fraction of sp³-hybridized carbons (Fsp3) is 0.286. The van der Waals surface area contributed by atoms with Gasteiger partial charge in [0.05, 0.1) is 8.81 Å². The molecule has 0 aliphatic rings. The number of aryl methyl sites for hydroxylation is 1. The number of nitrogens with one attached hydrogen (secondary N) is 1. The molecule has 5 heteroatoms. The molecule has 0 spiro atoms. The molecule has 0 saturated carbocycles. The van der Waals surface area contributed by atoms with Crippen LogP contribution in [0.5, 0.6) is 0 Å². The van der Waals surface area contributed by atoms with E-state index in [1.165, 1.54) is 16.5 Å². The van der Waals surface area contributed by atoms with Crippen molar-refractivity contribution in [3.63, 3.8) is 0 Å². The summed E-state index contributed by atoms with van der Waals surface area (Å²) in [5, 5.41) is 3.48. The predicted octanol–water partition coefficient (Wildman–Crippen LogP) is 5.11. The van der Waals surface area contributed by atoms with E-state index in [1.807, 2.05) is 13.1 Å². The van der Waals surface area contributed by atoms with Gasteiger partial charge in [-0.25, -0.2) is 4.39 Å². The zero-order valence-corrected chi connectivity index (χ0v) is 13.8. The van der Waals surface area contributed by atoms with Crippen LogP contribution < -0.4 is 5.32 Å². The molecule has 102 valence electrons. The Balaban J connectivity index is 2.26. The Morgan fingerprint density at radius 3 is 2.79 bits per heavy atom. The van der Waals surface area contributed by atoms with Gasteiger partial charge in [-0.1, -0.05) is 23.7 Å². The Labute approximate surface area is 129 Å². The molecule has 1 nitrogen and oxygen atoms in total. The molecule has 0 saturated heterocycles. The molecule has 2 rings (SSSR count). The SMILES string of the molecule is CNC(Cc1cccc(F)c1Cl)c1cc(C)c(Br)s1. The van der Waals surface area contributed by atoms with Crippen LogP contribution in [0.25, 0.3) is 0 Å². The molecule has 1 unspecified atom stereocenters. The van der Waals surface area contributed by atoms with Gasteiger partial charge in [-0.15, -0.1) is 11.3 Å². The van der Waals surface area contributed by atoms with Crippen LogP contribution in [0.2, 0.25) is 5.02 Å². The minimum Gasteiger partial charge on any atom is -0.312 e. The van der Waals surface area contributed by atoms with Crippen molar-refractivity contribution >= 4 is 38.9 Å². The molecule has 0 fully saturated rings. The maximum absolute atomic E-state index is 13.4. The molecule has 1 heterocycles. The third-order valence-corrected chi connectivity index (χ3v) is 5.70. The van der Waals surface area contributed by atoms with Crippen molar-refractivity contribution < 1.29 is 4.39 Å². The molecule has 1 aromatic carbocycles. The molecule has 19 heavy (non-hydrogen) atoms. The van der Waals surface area contributed by atoms with Gasteiger partial charge in [-0.3, -0.25) is 0 Å². The van der Waals surface area contributed by atoms with Crippen LogP contribution in [0.4, 0.5) is 4.39 Å². The lowest BCUT2D eigenvalue weighted by Gasteiger charge is -2.15. The van der Waals surface area contributed by atoms with Gasteiger partial charge in [-0.05, 0) is 59.6 Å². The van der Waals surface area contributed by atoms with Crippen molar-refractivity contribution in [2.75, 3.05) is 7.05 Å². The van der Waals surface area contributed by atoms with Gasteiger partial charge in [0.25, 0.3) is 0 Å². The van der Waals surface area contributed by atoms with Crippen molar-refractivity contribution in [3.05, 3.63) is 54.9 Å². The fourth-order valence-corrected chi connectivity index (χ4v) is 3.81. The third-order valence-electron chi connectivity index (χ3n) is 3.02. The fourth-order valence-electron chi connectivity index (χ4n) is 1.93. The van der Waals surface area contributed by atoms with E-state index in [4.69, 9.17) is 11.6 Å². The van der Waals surface area contributed by atoms with E-state index in [0.717, 1.165) is 9.35 Å². The zero-order chi connectivity index (χ0) is 14.0. The Morgan fingerprint density at radius 2 is 2.21 bits per heavy atom. The van der Waals surface area contributed by atoms with Gasteiger partial charge in [0.2, 0.25) is 0 Å². The average Bonchev–Trinajstić information content (AvgIpc) is 2.71. The predicted molar refractivity (Wildman–Crippen MR) is 83.7 cm³/mol. The summed E-state index contributed by atoms with van der Waals surface area (Å²) in [6.45, 7) is 2.06. The summed E-state index contributed by atoms with van der Waals surface area (Å²) in [5.41, 5.74) is 2.04. The summed E-state index contributed by atoms with van der Waals surface area (Å²) < 4.78 is 14.6. The van der Waals surface area contributed by atoms with Crippen LogP contribution in [0.1, 0.15) is 22.0 Å². The van der Waals surface area contributed by atoms with Gasteiger partial charge in [0.15, 0.2) is 0 Å². The molecule has 0 aliphatic heterocycles. The van der Waals surface area contributed by atoms with E-state index in [0.29, 0.717) is 6.42 Å². The molecule has 1 aromatic heterocycles. The van der Waals surface area contributed by atoms with Crippen LogP contribution in [-0.4, -0.2) is 7.05 Å². The van der Waals surface area contributed by atoms with E-state index in [9.17, 15) is 4.39 Å². The Hall–Kier alpha value is -0.420. The van der Waals surface area contributed by atoms with Gasteiger partial charge >= 0.3 is 0 Å². The van der Waals surface area contributed by atoms with Crippen LogP contribution >= 0.6 is 38.9 Å². The van der Waals surface area contributed by atoms with Crippen molar-refractivity contribution in [2.24, 2.45) is 0 Å². The number of hydrogen-bond acceptors (Lipinski definition) is 2. The number of thiophene rings is 1. The lowest BCUT2D eigenvalue weighted by molar-refractivity contribution is 0.592. The quantitative estimate of drug-likeness (QED) is 0.796. The first kappa shape index (κ1) is 15.0. The summed E-state index contributed by atoms with van der Waals surface area (Å²) in [5.74, 6) is -0.363. The zero-order valence-electron chi connectivity index (χ0n) is 10.6. The van der Waals surface area contributed by atoms with Crippen LogP contribution in [0.3, 0.4) is 0 Å². The van der Waals surface area contributed by atoms with Crippen molar-refractivity contribution in [1.82, 2.24) is 5.32 Å². The molecule has 0 amide bonds. The second-order valence-corrected chi connectivity index (χ2v) is 7.14. The second kappa shape index (κ2) is 6.35. The molecule has 0 bridgehead atoms. The highest BCUT2D eigenvalue weighted by molar-refractivity contribution is 9.11. The van der Waals surface area contributed by atoms with E-state index >= 15 is 0 Å². The number of hydrogen-bond donors (Lipinski definition) is 1. The maximum atomic E-state index is 13.4. The molecule has 0 aliphatic carbocycles. The number of benzene rings is 1. The lowest BCUT2D eigenvalue weighted by atomic mass is 10.0. The maximum Gasteiger partial charge on any atom is 0.142 e. The summed E-state index contributed by atoms with van der Waals surface area (Å²) in [6, 6.07) is 7.22. The first-order valence-electron chi connectivity index (χ1n) is 5.89. The molecular weight excluding hydrogens is 349 g/mol. The summed E-state index contributed by atoms with van der Waals surface area (Å²) in [4.78, 5) is 1.22. The van der Waals surface area contributed by atoms with Crippen LogP contribution in [0, 0.1) is 12.7 Å². The minimum atomic E-state index is -0.363. The summed E-state index contributed by atoms with van der Waals surface area (Å²) in [6.07, 6.45) is 0.666. The lowest BCUT2D eigenvalue weighted by Crippen LogP contribution is -2.18. The molecule has 0 radical (unpaired) electrons. The Bertz CT molecular complexity index is 565. The second-order valence-electron chi connectivity index (χ2n) is 4.36. The summed E-state index contributed by atoms with van der Waals surface area (Å²) in [7, 11) is 1.90. The van der Waals surface area contributed by atoms with E-state index in [2.05, 4.69) is 34.2 Å². The number of likely N-dealkylation sites (N-methyl/N-ethyl adjacent to an activating group) is 1. The van der Waals surface area contributed by atoms with E-state index in [1.54, 1.807) is 17.4 Å². The van der Waals surface area contributed by atoms with Gasteiger partial charge in [0, 0.05) is 10.9 Å². The first-order valence-corrected chi connectivity index (χ1v) is 7.87. The molecule has 1 N–H and O–H groups in total. The molecule has 1 atom stereocenters. The summed E-state index contributed by atoms with van der Waals surface area (Å²) >= 11 is 11.2. The molecular formula is C14H14BrClFNS. The first-order chi connectivity index (χ1) is 9.02. The smallest absolute Gasteiger partial charge is 0.142 e. The standard InChI is InChI=1S/C14H14BrClFNS/c1-8-6-12(19-14(8)15)11(18-2)7-9-4-3-5-10(17)13(9)16/h3-6,11,18H,7H2,1-2H3. The normalized spacial score (nSPS) is 12.7. The number of halogens is 3. The van der Waals surface area contributed by atoms with E-state index < -0.39 is 0 Å². The van der Waals surface area contributed by atoms with Crippen molar-refractivity contribution in [1.29, 1.82) is 0 Å².